The van der Waals surface area contributed by atoms with Crippen LogP contribution in [0, 0.1) is 11.7 Å². The molecular weight excluding hydrogens is 269 g/mol. The summed E-state index contributed by atoms with van der Waals surface area (Å²) in [4.78, 5) is 2.27. The fourth-order valence-electron chi connectivity index (χ4n) is 3.98. The molecule has 4 nitrogen and oxygen atoms in total. The quantitative estimate of drug-likeness (QED) is 0.389. The number of nitrogens with zero attached hydrogens (tertiary/aromatic N) is 2. The molecule has 0 bridgehead atoms. The molecule has 3 N–H and O–H groups in total. The molecule has 1 aliphatic carbocycles. The van der Waals surface area contributed by atoms with Gasteiger partial charge in [0.15, 0.2) is 5.84 Å². The molecule has 0 radical (unpaired) electrons. The van der Waals surface area contributed by atoms with Crippen LogP contribution in [-0.2, 0) is 0 Å². The minimum Gasteiger partial charge on any atom is -0.409 e. The molecule has 21 heavy (non-hydrogen) atoms. The Morgan fingerprint density at radius 3 is 2.71 bits per heavy atom. The average molecular weight is 291 g/mol. The Kier molecular flexibility index (Phi) is 3.99. The van der Waals surface area contributed by atoms with Crippen LogP contribution in [0.3, 0.4) is 0 Å². The molecule has 5 heteroatoms. The van der Waals surface area contributed by atoms with Gasteiger partial charge in [0.1, 0.15) is 5.82 Å². The molecule has 1 unspecified atom stereocenters. The molecule has 1 aromatic carbocycles. The molecule has 1 atom stereocenters. The highest BCUT2D eigenvalue weighted by molar-refractivity contribution is 6.02. The fourth-order valence-corrected chi connectivity index (χ4v) is 3.98. The van der Waals surface area contributed by atoms with Crippen LogP contribution in [0.4, 0.5) is 10.1 Å². The number of benzene rings is 1. The highest BCUT2D eigenvalue weighted by Gasteiger charge is 2.35. The molecule has 2 fully saturated rings. The van der Waals surface area contributed by atoms with Crippen molar-refractivity contribution in [1.29, 1.82) is 0 Å². The van der Waals surface area contributed by atoms with Crippen LogP contribution in [0.15, 0.2) is 23.4 Å². The van der Waals surface area contributed by atoms with E-state index in [4.69, 9.17) is 10.9 Å². The van der Waals surface area contributed by atoms with Gasteiger partial charge in [0.25, 0.3) is 0 Å². The first-order valence-electron chi connectivity index (χ1n) is 7.75. The smallest absolute Gasteiger partial charge is 0.175 e. The normalized spacial score (nSPS) is 24.0. The number of hydrogen-bond acceptors (Lipinski definition) is 3. The summed E-state index contributed by atoms with van der Waals surface area (Å²) >= 11 is 0. The van der Waals surface area contributed by atoms with Gasteiger partial charge in [-0.3, -0.25) is 0 Å². The second kappa shape index (κ2) is 5.92. The molecule has 0 spiro atoms. The van der Waals surface area contributed by atoms with Crippen molar-refractivity contribution >= 4 is 11.5 Å². The highest BCUT2D eigenvalue weighted by atomic mass is 19.1. The van der Waals surface area contributed by atoms with Crippen molar-refractivity contribution < 1.29 is 9.60 Å². The Morgan fingerprint density at radius 2 is 2.00 bits per heavy atom. The summed E-state index contributed by atoms with van der Waals surface area (Å²) in [5.41, 5.74) is 6.69. The zero-order chi connectivity index (χ0) is 14.8. The van der Waals surface area contributed by atoms with Crippen molar-refractivity contribution in [2.45, 2.75) is 44.6 Å². The predicted molar refractivity (Wildman–Crippen MR) is 81.2 cm³/mol. The molecular formula is C16H22FN3O. The molecule has 1 aromatic rings. The first-order valence-corrected chi connectivity index (χ1v) is 7.75. The maximum Gasteiger partial charge on any atom is 0.175 e. The molecule has 0 aromatic heterocycles. The minimum absolute atomic E-state index is 0.153. The van der Waals surface area contributed by atoms with Crippen LogP contribution in [0.1, 0.15) is 44.1 Å². The van der Waals surface area contributed by atoms with Gasteiger partial charge in [0.2, 0.25) is 0 Å². The monoisotopic (exact) mass is 291 g/mol. The van der Waals surface area contributed by atoms with Crippen molar-refractivity contribution in [2.24, 2.45) is 16.8 Å². The third-order valence-corrected chi connectivity index (χ3v) is 4.91. The van der Waals surface area contributed by atoms with Gasteiger partial charge in [-0.1, -0.05) is 24.1 Å². The molecule has 1 heterocycles. The zero-order valence-electron chi connectivity index (χ0n) is 12.1. The number of nitrogens with two attached hydrogens (primary N) is 1. The second-order valence-corrected chi connectivity index (χ2v) is 6.07. The summed E-state index contributed by atoms with van der Waals surface area (Å²) in [6.45, 7) is 0.913. The summed E-state index contributed by atoms with van der Waals surface area (Å²) < 4.78 is 14.1. The summed E-state index contributed by atoms with van der Waals surface area (Å²) in [6.07, 6.45) is 7.38. The van der Waals surface area contributed by atoms with Crippen molar-refractivity contribution in [3.05, 3.63) is 29.6 Å². The lowest BCUT2D eigenvalue weighted by Crippen LogP contribution is -2.36. The van der Waals surface area contributed by atoms with E-state index in [1.807, 2.05) is 6.07 Å². The topological polar surface area (TPSA) is 61.9 Å². The van der Waals surface area contributed by atoms with Gasteiger partial charge in [-0.2, -0.15) is 0 Å². The first-order chi connectivity index (χ1) is 10.2. The van der Waals surface area contributed by atoms with Crippen LogP contribution < -0.4 is 10.6 Å². The molecule has 2 aliphatic rings. The summed E-state index contributed by atoms with van der Waals surface area (Å²) in [7, 11) is 0. The van der Waals surface area contributed by atoms with Crippen LogP contribution in [0.25, 0.3) is 0 Å². The van der Waals surface area contributed by atoms with E-state index in [-0.39, 0.29) is 11.4 Å². The third-order valence-electron chi connectivity index (χ3n) is 4.91. The van der Waals surface area contributed by atoms with E-state index in [1.165, 1.54) is 31.7 Å². The maximum absolute atomic E-state index is 14.1. The Bertz CT molecular complexity index is 540. The van der Waals surface area contributed by atoms with Gasteiger partial charge < -0.3 is 15.8 Å². The van der Waals surface area contributed by atoms with Crippen LogP contribution in [0.5, 0.6) is 0 Å². The predicted octanol–water partition coefficient (Wildman–Crippen LogP) is 3.08. The number of halogens is 1. The molecule has 1 aliphatic heterocycles. The van der Waals surface area contributed by atoms with E-state index in [1.54, 1.807) is 6.07 Å². The standard InChI is InChI=1S/C16H22FN3O/c17-12-7-3-8-14(15(12)16(18)19-21)20-10-4-9-13(20)11-5-1-2-6-11/h3,7-8,11,13,21H,1-2,4-6,9-10H2,(H2,18,19). The lowest BCUT2D eigenvalue weighted by atomic mass is 9.95. The van der Waals surface area contributed by atoms with Gasteiger partial charge in [-0.05, 0) is 43.7 Å². The molecule has 3 rings (SSSR count). The van der Waals surface area contributed by atoms with E-state index in [9.17, 15) is 4.39 Å². The Balaban J connectivity index is 1.97. The lowest BCUT2D eigenvalue weighted by Gasteiger charge is -2.32. The molecule has 0 amide bonds. The lowest BCUT2D eigenvalue weighted by molar-refractivity contribution is 0.318. The second-order valence-electron chi connectivity index (χ2n) is 6.07. The number of rotatable bonds is 3. The SMILES string of the molecule is NC(=NO)c1c(F)cccc1N1CCCC1C1CCCC1. The third kappa shape index (κ3) is 2.57. The van der Waals surface area contributed by atoms with Gasteiger partial charge in [-0.15, -0.1) is 0 Å². The van der Waals surface area contributed by atoms with Crippen LogP contribution in [0.2, 0.25) is 0 Å². The van der Waals surface area contributed by atoms with E-state index in [0.29, 0.717) is 12.0 Å². The van der Waals surface area contributed by atoms with Gasteiger partial charge in [-0.25, -0.2) is 4.39 Å². The Morgan fingerprint density at radius 1 is 1.24 bits per heavy atom. The van der Waals surface area contributed by atoms with E-state index >= 15 is 0 Å². The van der Waals surface area contributed by atoms with E-state index in [0.717, 1.165) is 25.1 Å². The van der Waals surface area contributed by atoms with Crippen molar-refractivity contribution in [3.8, 4) is 0 Å². The molecule has 1 saturated heterocycles. The Hall–Kier alpha value is -1.78. The van der Waals surface area contributed by atoms with Crippen molar-refractivity contribution in [3.63, 3.8) is 0 Å². The first kappa shape index (κ1) is 14.2. The molecule has 114 valence electrons. The van der Waals surface area contributed by atoms with E-state index in [2.05, 4.69) is 10.1 Å². The van der Waals surface area contributed by atoms with Gasteiger partial charge in [0, 0.05) is 12.6 Å². The highest BCUT2D eigenvalue weighted by Crippen LogP contribution is 2.39. The fraction of sp³-hybridized carbons (Fsp3) is 0.562. The summed E-state index contributed by atoms with van der Waals surface area (Å²) in [5.74, 6) is 0.107. The van der Waals surface area contributed by atoms with Crippen LogP contribution >= 0.6 is 0 Å². The largest absolute Gasteiger partial charge is 0.409 e. The zero-order valence-corrected chi connectivity index (χ0v) is 12.1. The van der Waals surface area contributed by atoms with Gasteiger partial charge >= 0.3 is 0 Å². The summed E-state index contributed by atoms with van der Waals surface area (Å²) in [6, 6.07) is 5.39. The summed E-state index contributed by atoms with van der Waals surface area (Å²) in [5, 5.41) is 11.9. The van der Waals surface area contributed by atoms with Gasteiger partial charge in [0.05, 0.1) is 11.3 Å². The molecule has 1 saturated carbocycles. The number of amidine groups is 1. The van der Waals surface area contributed by atoms with Crippen molar-refractivity contribution in [2.75, 3.05) is 11.4 Å². The number of hydrogen-bond donors (Lipinski definition) is 2. The number of oxime groups is 1. The number of anilines is 1. The minimum atomic E-state index is -0.431. The maximum atomic E-state index is 14.1. The van der Waals surface area contributed by atoms with E-state index < -0.39 is 5.82 Å². The van der Waals surface area contributed by atoms with Crippen LogP contribution in [-0.4, -0.2) is 23.6 Å². The van der Waals surface area contributed by atoms with Crippen molar-refractivity contribution in [1.82, 2.24) is 0 Å². The Labute approximate surface area is 124 Å². The average Bonchev–Trinajstić information content (AvgIpc) is 3.16.